The highest BCUT2D eigenvalue weighted by molar-refractivity contribution is 5.93. The van der Waals surface area contributed by atoms with Gasteiger partial charge in [0.05, 0.1) is 16.8 Å². The number of nitrogens with one attached hydrogen (secondary N) is 1. The normalized spacial score (nSPS) is 15.2. The lowest BCUT2D eigenvalue weighted by molar-refractivity contribution is 0.0845. The fraction of sp³-hybridized carbons (Fsp3) is 0.381. The number of fused-ring (bicyclic) bond motifs is 1. The van der Waals surface area contributed by atoms with Gasteiger partial charge in [0.15, 0.2) is 0 Å². The number of aryl methyl sites for hydroxylation is 2. The molecule has 0 spiro atoms. The summed E-state index contributed by atoms with van der Waals surface area (Å²) in [6, 6.07) is 3.51. The van der Waals surface area contributed by atoms with Gasteiger partial charge in [0.25, 0.3) is 5.91 Å². The lowest BCUT2D eigenvalue weighted by Gasteiger charge is -2.21. The van der Waals surface area contributed by atoms with Crippen molar-refractivity contribution in [3.8, 4) is 0 Å². The molecule has 3 heterocycles. The molecule has 0 bridgehead atoms. The molecule has 1 saturated heterocycles. The van der Waals surface area contributed by atoms with Gasteiger partial charge in [0.1, 0.15) is 11.6 Å². The van der Waals surface area contributed by atoms with E-state index in [1.165, 1.54) is 12.3 Å². The summed E-state index contributed by atoms with van der Waals surface area (Å²) in [7, 11) is 0. The van der Waals surface area contributed by atoms with Crippen molar-refractivity contribution < 1.29 is 13.9 Å². The molecule has 0 aliphatic carbocycles. The second-order valence-corrected chi connectivity index (χ2v) is 7.38. The van der Waals surface area contributed by atoms with Crippen LogP contribution >= 0.6 is 0 Å². The molecule has 1 aliphatic rings. The second-order valence-electron chi connectivity index (χ2n) is 7.38. The molecule has 0 radical (unpaired) electrons. The number of hydrogen-bond donors (Lipinski definition) is 2. The molecule has 1 aromatic carbocycles. The van der Waals surface area contributed by atoms with Gasteiger partial charge in [-0.2, -0.15) is 0 Å². The lowest BCUT2D eigenvalue weighted by Crippen LogP contribution is -2.15. The van der Waals surface area contributed by atoms with Crippen LogP contribution in [0.3, 0.4) is 0 Å². The largest absolute Gasteiger partial charge is 0.381 e. The van der Waals surface area contributed by atoms with Crippen LogP contribution in [0.5, 0.6) is 0 Å². The first kappa shape index (κ1) is 18.6. The summed E-state index contributed by atoms with van der Waals surface area (Å²) in [6.45, 7) is 5.23. The molecule has 1 amide bonds. The summed E-state index contributed by atoms with van der Waals surface area (Å²) < 4.78 is 20.2. The number of benzene rings is 1. The number of nitrogens with two attached hydrogens (primary N) is 1. The number of aromatic amines is 1. The van der Waals surface area contributed by atoms with Crippen LogP contribution in [0.2, 0.25) is 0 Å². The van der Waals surface area contributed by atoms with Crippen molar-refractivity contribution in [3.05, 3.63) is 58.0 Å². The number of amides is 1. The maximum atomic E-state index is 14.8. The van der Waals surface area contributed by atoms with Crippen LogP contribution in [0.15, 0.2) is 18.3 Å². The third-order valence-electron chi connectivity index (χ3n) is 5.50. The molecule has 0 atom stereocenters. The van der Waals surface area contributed by atoms with Gasteiger partial charge in [-0.1, -0.05) is 0 Å². The molecule has 0 unspecified atom stereocenters. The molecular weight excluding hydrogens is 359 g/mol. The zero-order chi connectivity index (χ0) is 19.8. The molecule has 3 aromatic rings. The van der Waals surface area contributed by atoms with Crippen LogP contribution < -0.4 is 5.73 Å². The maximum Gasteiger partial charge on any atom is 0.252 e. The van der Waals surface area contributed by atoms with Crippen molar-refractivity contribution in [2.75, 3.05) is 13.2 Å². The summed E-state index contributed by atoms with van der Waals surface area (Å²) in [5, 5.41) is 0.891. The Kier molecular flexibility index (Phi) is 4.85. The number of nitrogens with zero attached hydrogens (tertiary/aromatic N) is 2. The van der Waals surface area contributed by atoms with Crippen LogP contribution in [0.1, 0.15) is 57.5 Å². The molecule has 28 heavy (non-hydrogen) atoms. The molecule has 3 N–H and O–H groups in total. The maximum absolute atomic E-state index is 14.8. The van der Waals surface area contributed by atoms with Crippen LogP contribution in [-0.4, -0.2) is 34.1 Å². The molecule has 6 nitrogen and oxygen atoms in total. The summed E-state index contributed by atoms with van der Waals surface area (Å²) in [6.07, 6.45) is 3.70. The summed E-state index contributed by atoms with van der Waals surface area (Å²) in [4.78, 5) is 23.2. The number of hydrogen-bond acceptors (Lipinski definition) is 4. The monoisotopic (exact) mass is 382 g/mol. The van der Waals surface area contributed by atoms with Crippen molar-refractivity contribution in [2.24, 2.45) is 5.73 Å². The van der Waals surface area contributed by atoms with E-state index in [1.54, 1.807) is 6.92 Å². The van der Waals surface area contributed by atoms with Crippen LogP contribution in [-0.2, 0) is 11.2 Å². The fourth-order valence-electron chi connectivity index (χ4n) is 3.98. The van der Waals surface area contributed by atoms with Gasteiger partial charge in [-0.3, -0.25) is 4.79 Å². The second kappa shape index (κ2) is 7.31. The Hall–Kier alpha value is -2.80. The summed E-state index contributed by atoms with van der Waals surface area (Å²) >= 11 is 0. The van der Waals surface area contributed by atoms with E-state index in [0.717, 1.165) is 48.3 Å². The van der Waals surface area contributed by atoms with E-state index in [-0.39, 0.29) is 5.82 Å². The minimum Gasteiger partial charge on any atom is -0.381 e. The van der Waals surface area contributed by atoms with E-state index in [2.05, 4.69) is 15.0 Å². The highest BCUT2D eigenvalue weighted by Gasteiger charge is 2.22. The smallest absolute Gasteiger partial charge is 0.252 e. The summed E-state index contributed by atoms with van der Waals surface area (Å²) in [5.41, 5.74) is 9.65. The Bertz CT molecular complexity index is 1050. The zero-order valence-electron chi connectivity index (χ0n) is 16.0. The predicted octanol–water partition coefficient (Wildman–Crippen LogP) is 3.30. The van der Waals surface area contributed by atoms with E-state index >= 15 is 0 Å². The SMILES string of the molecule is Cc1nc(Cc2cc(F)c3[nH]c(C4CCOCC4)c(C)c3c2)ncc1C(N)=O. The Balaban J connectivity index is 1.68. The first-order valence-corrected chi connectivity index (χ1v) is 9.44. The Morgan fingerprint density at radius 3 is 2.75 bits per heavy atom. The molecule has 7 heteroatoms. The molecule has 1 fully saturated rings. The van der Waals surface area contributed by atoms with E-state index in [9.17, 15) is 9.18 Å². The minimum absolute atomic E-state index is 0.278. The van der Waals surface area contributed by atoms with Crippen molar-refractivity contribution in [1.82, 2.24) is 15.0 Å². The third kappa shape index (κ3) is 3.38. The molecule has 146 valence electrons. The number of aromatic nitrogens is 3. The number of rotatable bonds is 4. The number of primary amides is 1. The first-order valence-electron chi connectivity index (χ1n) is 9.44. The van der Waals surface area contributed by atoms with Gasteiger partial charge < -0.3 is 15.5 Å². The fourth-order valence-corrected chi connectivity index (χ4v) is 3.98. The van der Waals surface area contributed by atoms with Crippen LogP contribution in [0.25, 0.3) is 10.9 Å². The topological polar surface area (TPSA) is 93.9 Å². The molecule has 4 rings (SSSR count). The molecular formula is C21H23FN4O2. The standard InChI is InChI=1S/C21H23FN4O2/c1-11-15-7-13(9-18-24-10-16(21(23)27)12(2)25-18)8-17(22)20(15)26-19(11)14-3-5-28-6-4-14/h7-8,10,14,26H,3-6,9H2,1-2H3,(H2,23,27). The van der Waals surface area contributed by atoms with Crippen LogP contribution in [0, 0.1) is 19.7 Å². The zero-order valence-corrected chi connectivity index (χ0v) is 16.0. The van der Waals surface area contributed by atoms with Crippen LogP contribution in [0.4, 0.5) is 4.39 Å². The van der Waals surface area contributed by atoms with E-state index in [0.29, 0.717) is 34.9 Å². The van der Waals surface area contributed by atoms with E-state index in [1.807, 2.05) is 13.0 Å². The van der Waals surface area contributed by atoms with Crippen molar-refractivity contribution in [3.63, 3.8) is 0 Å². The first-order chi connectivity index (χ1) is 13.4. The third-order valence-corrected chi connectivity index (χ3v) is 5.50. The Morgan fingerprint density at radius 2 is 2.07 bits per heavy atom. The van der Waals surface area contributed by atoms with Crippen molar-refractivity contribution in [1.29, 1.82) is 0 Å². The predicted molar refractivity (Wildman–Crippen MR) is 104 cm³/mol. The van der Waals surface area contributed by atoms with Gasteiger partial charge in [-0.05, 0) is 49.9 Å². The number of carbonyl (C=O) groups excluding carboxylic acids is 1. The van der Waals surface area contributed by atoms with Gasteiger partial charge in [0.2, 0.25) is 0 Å². The average molecular weight is 382 g/mol. The van der Waals surface area contributed by atoms with Crippen molar-refractivity contribution >= 4 is 16.8 Å². The minimum atomic E-state index is -0.555. The van der Waals surface area contributed by atoms with E-state index in [4.69, 9.17) is 10.5 Å². The van der Waals surface area contributed by atoms with Gasteiger partial charge in [0, 0.05) is 42.8 Å². The van der Waals surface area contributed by atoms with E-state index < -0.39 is 5.91 Å². The van der Waals surface area contributed by atoms with Gasteiger partial charge in [-0.15, -0.1) is 0 Å². The highest BCUT2D eigenvalue weighted by atomic mass is 19.1. The number of H-pyrrole nitrogens is 1. The quantitative estimate of drug-likeness (QED) is 0.724. The molecule has 0 saturated carbocycles. The van der Waals surface area contributed by atoms with Gasteiger partial charge in [-0.25, -0.2) is 14.4 Å². The number of ether oxygens (including phenoxy) is 1. The number of halogens is 1. The van der Waals surface area contributed by atoms with Gasteiger partial charge >= 0.3 is 0 Å². The lowest BCUT2D eigenvalue weighted by atomic mass is 9.93. The highest BCUT2D eigenvalue weighted by Crippen LogP contribution is 2.34. The average Bonchev–Trinajstić information content (AvgIpc) is 3.00. The Morgan fingerprint density at radius 1 is 1.32 bits per heavy atom. The van der Waals surface area contributed by atoms with Crippen molar-refractivity contribution in [2.45, 2.75) is 39.0 Å². The molecule has 2 aromatic heterocycles. The summed E-state index contributed by atoms with van der Waals surface area (Å²) in [5.74, 6) is 0.0647. The molecule has 1 aliphatic heterocycles. The number of carbonyl (C=O) groups is 1. The Labute approximate surface area is 162 Å².